The first-order valence-corrected chi connectivity index (χ1v) is 12.1. The normalized spacial score (nSPS) is 17.6. The number of aliphatic hydroxyl groups is 1. The smallest absolute Gasteiger partial charge is 0.241 e. The number of likely N-dealkylation sites (tertiary alicyclic amines) is 1. The number of sulfonamides is 1. The lowest BCUT2D eigenvalue weighted by atomic mass is 10.1. The summed E-state index contributed by atoms with van der Waals surface area (Å²) < 4.78 is 27.4. The van der Waals surface area contributed by atoms with E-state index in [2.05, 4.69) is 15.0 Å². The highest BCUT2D eigenvalue weighted by Gasteiger charge is 2.33. The summed E-state index contributed by atoms with van der Waals surface area (Å²) in [7, 11) is -3.72. The van der Waals surface area contributed by atoms with Crippen LogP contribution in [0.15, 0.2) is 35.3 Å². The van der Waals surface area contributed by atoms with Gasteiger partial charge < -0.3 is 26.8 Å². The SMILES string of the molecule is NC(N)=NCCC[C@@H](CO)NC(=O)CN1CCC[C@H](NS(=O)(=O)Cc2ccccc2)C1=O. The number of carbonyl (C=O) groups is 2. The number of nitrogens with zero attached hydrogens (tertiary/aromatic N) is 2. The van der Waals surface area contributed by atoms with Gasteiger partial charge in [-0.15, -0.1) is 0 Å². The molecule has 1 aliphatic rings. The van der Waals surface area contributed by atoms with E-state index in [0.717, 1.165) is 0 Å². The zero-order chi connectivity index (χ0) is 23.6. The van der Waals surface area contributed by atoms with Gasteiger partial charge in [0, 0.05) is 13.1 Å². The van der Waals surface area contributed by atoms with E-state index in [1.165, 1.54) is 4.90 Å². The molecule has 2 rings (SSSR count). The van der Waals surface area contributed by atoms with E-state index >= 15 is 0 Å². The van der Waals surface area contributed by atoms with Gasteiger partial charge in [0.25, 0.3) is 0 Å². The predicted molar refractivity (Wildman–Crippen MR) is 121 cm³/mol. The fourth-order valence-electron chi connectivity index (χ4n) is 3.46. The fourth-order valence-corrected chi connectivity index (χ4v) is 4.83. The fraction of sp³-hybridized carbons (Fsp3) is 0.550. The van der Waals surface area contributed by atoms with Crippen LogP contribution in [0.5, 0.6) is 0 Å². The zero-order valence-electron chi connectivity index (χ0n) is 17.9. The van der Waals surface area contributed by atoms with Crippen LogP contribution in [0.1, 0.15) is 31.2 Å². The minimum atomic E-state index is -3.72. The van der Waals surface area contributed by atoms with Crippen LogP contribution < -0.4 is 21.5 Å². The molecule has 0 unspecified atom stereocenters. The minimum Gasteiger partial charge on any atom is -0.394 e. The van der Waals surface area contributed by atoms with Crippen LogP contribution in [0.2, 0.25) is 0 Å². The summed E-state index contributed by atoms with van der Waals surface area (Å²) in [4.78, 5) is 30.3. The molecular formula is C20H32N6O5S. The zero-order valence-corrected chi connectivity index (χ0v) is 18.8. The predicted octanol–water partition coefficient (Wildman–Crippen LogP) is -1.37. The molecule has 0 spiro atoms. The van der Waals surface area contributed by atoms with Gasteiger partial charge in [0.1, 0.15) is 6.04 Å². The second-order valence-corrected chi connectivity index (χ2v) is 9.47. The third-order valence-electron chi connectivity index (χ3n) is 4.98. The van der Waals surface area contributed by atoms with Crippen molar-refractivity contribution in [1.29, 1.82) is 0 Å². The van der Waals surface area contributed by atoms with Gasteiger partial charge in [-0.1, -0.05) is 30.3 Å². The Kier molecular flexibility index (Phi) is 9.88. The maximum Gasteiger partial charge on any atom is 0.241 e. The molecule has 2 atom stereocenters. The summed E-state index contributed by atoms with van der Waals surface area (Å²) in [6.45, 7) is 0.269. The van der Waals surface area contributed by atoms with Gasteiger partial charge >= 0.3 is 0 Å². The molecule has 32 heavy (non-hydrogen) atoms. The molecular weight excluding hydrogens is 436 g/mol. The van der Waals surface area contributed by atoms with E-state index in [0.29, 0.717) is 44.3 Å². The summed E-state index contributed by atoms with van der Waals surface area (Å²) in [5, 5.41) is 12.2. The number of carbonyl (C=O) groups excluding carboxylic acids is 2. The number of rotatable bonds is 12. The lowest BCUT2D eigenvalue weighted by Crippen LogP contribution is -2.55. The Morgan fingerprint density at radius 3 is 2.66 bits per heavy atom. The number of amides is 2. The van der Waals surface area contributed by atoms with E-state index in [1.807, 2.05) is 0 Å². The number of guanidine groups is 1. The molecule has 0 aliphatic carbocycles. The van der Waals surface area contributed by atoms with Gasteiger partial charge in [0.2, 0.25) is 21.8 Å². The summed E-state index contributed by atoms with van der Waals surface area (Å²) >= 11 is 0. The summed E-state index contributed by atoms with van der Waals surface area (Å²) in [5.41, 5.74) is 11.1. The van der Waals surface area contributed by atoms with Crippen LogP contribution in [-0.2, 0) is 25.4 Å². The number of benzene rings is 1. The molecule has 1 aliphatic heterocycles. The Hall–Kier alpha value is -2.70. The topological polar surface area (TPSA) is 180 Å². The number of hydrogen-bond acceptors (Lipinski definition) is 6. The molecule has 178 valence electrons. The lowest BCUT2D eigenvalue weighted by Gasteiger charge is -2.32. The van der Waals surface area contributed by atoms with E-state index in [-0.39, 0.29) is 24.9 Å². The highest BCUT2D eigenvalue weighted by atomic mass is 32.2. The average molecular weight is 469 g/mol. The Bertz CT molecular complexity index is 889. The first-order chi connectivity index (χ1) is 15.2. The van der Waals surface area contributed by atoms with Crippen molar-refractivity contribution in [3.8, 4) is 0 Å². The molecule has 2 amide bonds. The van der Waals surface area contributed by atoms with Crippen LogP contribution in [0.3, 0.4) is 0 Å². The van der Waals surface area contributed by atoms with Crippen molar-refractivity contribution in [3.63, 3.8) is 0 Å². The van der Waals surface area contributed by atoms with Gasteiger partial charge in [-0.05, 0) is 31.2 Å². The third kappa shape index (κ3) is 8.81. The molecule has 0 bridgehead atoms. The largest absolute Gasteiger partial charge is 0.394 e. The molecule has 7 N–H and O–H groups in total. The van der Waals surface area contributed by atoms with E-state index in [9.17, 15) is 23.1 Å². The second kappa shape index (κ2) is 12.4. The van der Waals surface area contributed by atoms with Crippen molar-refractivity contribution >= 4 is 27.8 Å². The van der Waals surface area contributed by atoms with E-state index in [1.54, 1.807) is 30.3 Å². The highest BCUT2D eigenvalue weighted by molar-refractivity contribution is 7.88. The molecule has 1 fully saturated rings. The van der Waals surface area contributed by atoms with Crippen molar-refractivity contribution in [2.45, 2.75) is 43.5 Å². The van der Waals surface area contributed by atoms with Crippen LogP contribution in [0, 0.1) is 0 Å². The summed E-state index contributed by atoms with van der Waals surface area (Å²) in [6.07, 6.45) is 1.97. The molecule has 0 radical (unpaired) electrons. The molecule has 1 heterocycles. The second-order valence-electron chi connectivity index (χ2n) is 7.71. The number of nitrogens with one attached hydrogen (secondary N) is 2. The molecule has 12 heteroatoms. The minimum absolute atomic E-state index is 0.0212. The third-order valence-corrected chi connectivity index (χ3v) is 6.33. The van der Waals surface area contributed by atoms with Gasteiger partial charge in [-0.25, -0.2) is 13.1 Å². The number of aliphatic hydroxyl groups excluding tert-OH is 1. The lowest BCUT2D eigenvalue weighted by molar-refractivity contribution is -0.139. The van der Waals surface area contributed by atoms with E-state index < -0.39 is 33.9 Å². The molecule has 1 saturated heterocycles. The van der Waals surface area contributed by atoms with Crippen LogP contribution >= 0.6 is 0 Å². The van der Waals surface area contributed by atoms with Crippen LogP contribution in [0.4, 0.5) is 0 Å². The Morgan fingerprint density at radius 2 is 2.00 bits per heavy atom. The number of nitrogens with two attached hydrogens (primary N) is 2. The van der Waals surface area contributed by atoms with Crippen molar-refractivity contribution in [2.24, 2.45) is 16.5 Å². The van der Waals surface area contributed by atoms with Gasteiger partial charge in [-0.2, -0.15) is 0 Å². The van der Waals surface area contributed by atoms with Crippen molar-refractivity contribution < 1.29 is 23.1 Å². The van der Waals surface area contributed by atoms with Crippen molar-refractivity contribution in [3.05, 3.63) is 35.9 Å². The summed E-state index contributed by atoms with van der Waals surface area (Å²) in [6, 6.07) is 7.30. The molecule has 1 aromatic rings. The van der Waals surface area contributed by atoms with Crippen LogP contribution in [0.25, 0.3) is 0 Å². The van der Waals surface area contributed by atoms with Crippen LogP contribution in [-0.4, -0.2) is 74.5 Å². The van der Waals surface area contributed by atoms with Crippen molar-refractivity contribution in [2.75, 3.05) is 26.2 Å². The summed E-state index contributed by atoms with van der Waals surface area (Å²) in [5.74, 6) is -1.11. The molecule has 1 aromatic carbocycles. The Morgan fingerprint density at radius 1 is 1.28 bits per heavy atom. The maximum atomic E-state index is 12.8. The van der Waals surface area contributed by atoms with Gasteiger partial charge in [-0.3, -0.25) is 14.6 Å². The molecule has 11 nitrogen and oxygen atoms in total. The Balaban J connectivity index is 1.86. The first kappa shape index (κ1) is 25.6. The van der Waals surface area contributed by atoms with Gasteiger partial charge in [0.15, 0.2) is 5.96 Å². The first-order valence-electron chi connectivity index (χ1n) is 10.5. The Labute approximate surface area is 188 Å². The number of piperidine rings is 1. The standard InChI is InChI=1S/C20H32N6O5S/c21-20(22)23-10-4-8-16(13-27)24-18(28)12-26-11-5-9-17(19(26)29)25-32(30,31)14-15-6-2-1-3-7-15/h1-3,6-7,16-17,25,27H,4-5,8-14H2,(H,24,28)(H4,21,22,23)/t16-,17-/m0/s1. The number of aliphatic imine (C=N–C) groups is 1. The molecule has 0 aromatic heterocycles. The maximum absolute atomic E-state index is 12.8. The quantitative estimate of drug-likeness (QED) is 0.142. The molecule has 0 saturated carbocycles. The van der Waals surface area contributed by atoms with Crippen molar-refractivity contribution in [1.82, 2.24) is 14.9 Å². The van der Waals surface area contributed by atoms with Gasteiger partial charge in [0.05, 0.1) is 24.9 Å². The average Bonchev–Trinajstić information content (AvgIpc) is 2.73. The highest BCUT2D eigenvalue weighted by Crippen LogP contribution is 2.14. The van der Waals surface area contributed by atoms with E-state index in [4.69, 9.17) is 11.5 Å². The number of hydrogen-bond donors (Lipinski definition) is 5. The monoisotopic (exact) mass is 468 g/mol.